The standard InChI is InChI=1S/C14H13Cl2NO5S2/c15-12-8-10(17-23(18)19)9-13(16)14(12)22-6-7-24(20,21)11-4-2-1-3-5-11/h1-5,8-9,17H,6-7H2,(H,18,19). The number of hydrogen-bond donors (Lipinski definition) is 2. The quantitative estimate of drug-likeness (QED) is 0.683. The maximum atomic E-state index is 12.2. The molecule has 0 aliphatic heterocycles. The van der Waals surface area contributed by atoms with Crippen LogP contribution in [0.4, 0.5) is 5.69 Å². The molecule has 0 heterocycles. The summed E-state index contributed by atoms with van der Waals surface area (Å²) in [5.74, 6) is -0.138. The Balaban J connectivity index is 2.06. The third-order valence-electron chi connectivity index (χ3n) is 2.90. The van der Waals surface area contributed by atoms with Crippen molar-refractivity contribution in [3.63, 3.8) is 0 Å². The molecule has 130 valence electrons. The van der Waals surface area contributed by atoms with Gasteiger partial charge in [-0.3, -0.25) is 9.27 Å². The van der Waals surface area contributed by atoms with E-state index in [4.69, 9.17) is 32.5 Å². The van der Waals surface area contributed by atoms with E-state index < -0.39 is 21.1 Å². The second-order valence-electron chi connectivity index (χ2n) is 4.60. The first-order valence-electron chi connectivity index (χ1n) is 6.57. The number of sulfone groups is 1. The lowest BCUT2D eigenvalue weighted by molar-refractivity contribution is 0.341. The fourth-order valence-electron chi connectivity index (χ4n) is 1.86. The highest BCUT2D eigenvalue weighted by molar-refractivity contribution is 7.91. The number of ether oxygens (including phenoxy) is 1. The van der Waals surface area contributed by atoms with E-state index in [0.29, 0.717) is 0 Å². The number of anilines is 1. The van der Waals surface area contributed by atoms with Gasteiger partial charge in [0, 0.05) is 0 Å². The van der Waals surface area contributed by atoms with Crippen LogP contribution in [0.25, 0.3) is 0 Å². The van der Waals surface area contributed by atoms with E-state index in [0.717, 1.165) is 0 Å². The van der Waals surface area contributed by atoms with Crippen molar-refractivity contribution in [3.8, 4) is 5.75 Å². The summed E-state index contributed by atoms with van der Waals surface area (Å²) in [6.45, 7) is -0.143. The minimum absolute atomic E-state index is 0.0903. The topological polar surface area (TPSA) is 92.7 Å². The second kappa shape index (κ2) is 8.17. The Morgan fingerprint density at radius 1 is 1.12 bits per heavy atom. The van der Waals surface area contributed by atoms with Gasteiger partial charge in [0.05, 0.1) is 26.4 Å². The summed E-state index contributed by atoms with van der Waals surface area (Å²) >= 11 is 9.75. The zero-order valence-electron chi connectivity index (χ0n) is 12.1. The van der Waals surface area contributed by atoms with Gasteiger partial charge < -0.3 is 4.74 Å². The first kappa shape index (κ1) is 19.0. The fraction of sp³-hybridized carbons (Fsp3) is 0.143. The maximum Gasteiger partial charge on any atom is 0.259 e. The smallest absolute Gasteiger partial charge is 0.259 e. The van der Waals surface area contributed by atoms with E-state index in [1.54, 1.807) is 18.2 Å². The molecule has 0 saturated heterocycles. The Labute approximate surface area is 152 Å². The molecule has 1 unspecified atom stereocenters. The van der Waals surface area contributed by atoms with Crippen molar-refractivity contribution < 1.29 is 21.9 Å². The predicted molar refractivity (Wildman–Crippen MR) is 94.8 cm³/mol. The van der Waals surface area contributed by atoms with E-state index in [2.05, 4.69) is 4.72 Å². The summed E-state index contributed by atoms with van der Waals surface area (Å²) in [6, 6.07) is 10.7. The summed E-state index contributed by atoms with van der Waals surface area (Å²) in [5.41, 5.74) is 0.232. The monoisotopic (exact) mass is 409 g/mol. The average Bonchev–Trinajstić information content (AvgIpc) is 2.50. The van der Waals surface area contributed by atoms with Gasteiger partial charge in [-0.05, 0) is 24.3 Å². The van der Waals surface area contributed by atoms with Crippen LogP contribution in [0.3, 0.4) is 0 Å². The van der Waals surface area contributed by atoms with Gasteiger partial charge in [0.25, 0.3) is 11.3 Å². The molecular weight excluding hydrogens is 397 g/mol. The van der Waals surface area contributed by atoms with E-state index in [9.17, 15) is 12.6 Å². The van der Waals surface area contributed by atoms with Gasteiger partial charge >= 0.3 is 0 Å². The van der Waals surface area contributed by atoms with Crippen LogP contribution in [-0.2, 0) is 21.1 Å². The highest BCUT2D eigenvalue weighted by Gasteiger charge is 2.16. The van der Waals surface area contributed by atoms with E-state index >= 15 is 0 Å². The van der Waals surface area contributed by atoms with Crippen molar-refractivity contribution in [3.05, 3.63) is 52.5 Å². The van der Waals surface area contributed by atoms with Crippen molar-refractivity contribution in [2.75, 3.05) is 17.1 Å². The van der Waals surface area contributed by atoms with Crippen molar-refractivity contribution >= 4 is 50.0 Å². The minimum Gasteiger partial charge on any atom is -0.489 e. The number of benzene rings is 2. The van der Waals surface area contributed by atoms with Crippen LogP contribution >= 0.6 is 23.2 Å². The Bertz CT molecular complexity index is 820. The molecule has 0 aliphatic rings. The molecule has 2 rings (SSSR count). The van der Waals surface area contributed by atoms with E-state index in [1.165, 1.54) is 24.3 Å². The third-order valence-corrected chi connectivity index (χ3v) is 5.57. The minimum atomic E-state index is -3.48. The molecule has 0 amide bonds. The largest absolute Gasteiger partial charge is 0.489 e. The van der Waals surface area contributed by atoms with Gasteiger partial charge in [0.1, 0.15) is 6.61 Å². The van der Waals surface area contributed by atoms with Crippen LogP contribution in [0.15, 0.2) is 47.4 Å². The first-order valence-corrected chi connectivity index (χ1v) is 10.1. The number of hydrogen-bond acceptors (Lipinski definition) is 4. The number of nitrogens with one attached hydrogen (secondary N) is 1. The third kappa shape index (κ3) is 5.09. The molecule has 2 aromatic carbocycles. The van der Waals surface area contributed by atoms with Gasteiger partial charge in [-0.2, -0.15) is 0 Å². The predicted octanol–water partition coefficient (Wildman–Crippen LogP) is 3.39. The maximum absolute atomic E-state index is 12.2. The molecule has 0 spiro atoms. The van der Waals surface area contributed by atoms with E-state index in [1.807, 2.05) is 0 Å². The molecule has 1 atom stereocenters. The van der Waals surface area contributed by atoms with Crippen LogP contribution in [-0.4, -0.2) is 29.5 Å². The normalized spacial score (nSPS) is 12.6. The first-order chi connectivity index (χ1) is 11.3. The van der Waals surface area contributed by atoms with Crippen LogP contribution in [0.2, 0.25) is 10.0 Å². The van der Waals surface area contributed by atoms with E-state index in [-0.39, 0.29) is 38.7 Å². The lowest BCUT2D eigenvalue weighted by atomic mass is 10.3. The van der Waals surface area contributed by atoms with Gasteiger partial charge in [0.15, 0.2) is 15.6 Å². The molecular formula is C14H13Cl2NO5S2. The molecule has 0 bridgehead atoms. The molecule has 6 nitrogen and oxygen atoms in total. The molecule has 10 heteroatoms. The van der Waals surface area contributed by atoms with Gasteiger partial charge in [-0.25, -0.2) is 12.6 Å². The lowest BCUT2D eigenvalue weighted by Crippen LogP contribution is -2.14. The zero-order valence-corrected chi connectivity index (χ0v) is 15.3. The van der Waals surface area contributed by atoms with Gasteiger partial charge in [0.2, 0.25) is 0 Å². The molecule has 24 heavy (non-hydrogen) atoms. The van der Waals surface area contributed by atoms with Crippen molar-refractivity contribution in [2.45, 2.75) is 4.90 Å². The summed E-state index contributed by atoms with van der Waals surface area (Å²) in [7, 11) is -3.48. The van der Waals surface area contributed by atoms with Gasteiger partial charge in [-0.1, -0.05) is 41.4 Å². The highest BCUT2D eigenvalue weighted by atomic mass is 35.5. The van der Waals surface area contributed by atoms with Crippen LogP contribution in [0, 0.1) is 0 Å². The molecule has 0 fully saturated rings. The number of rotatable bonds is 7. The summed E-state index contributed by atoms with van der Waals surface area (Å²) in [5, 5.41) is 0.181. The zero-order chi connectivity index (χ0) is 17.7. The van der Waals surface area contributed by atoms with Crippen LogP contribution in [0.1, 0.15) is 0 Å². The Hall–Kier alpha value is -1.32. The van der Waals surface area contributed by atoms with Gasteiger partial charge in [-0.15, -0.1) is 0 Å². The molecule has 2 aromatic rings. The number of halogens is 2. The summed E-state index contributed by atoms with van der Waals surface area (Å²) < 4.78 is 51.4. The van der Waals surface area contributed by atoms with Crippen LogP contribution < -0.4 is 9.46 Å². The second-order valence-corrected chi connectivity index (χ2v) is 8.23. The fourth-order valence-corrected chi connectivity index (χ4v) is 3.88. The summed E-state index contributed by atoms with van der Waals surface area (Å²) in [4.78, 5) is 0.204. The Morgan fingerprint density at radius 2 is 1.71 bits per heavy atom. The lowest BCUT2D eigenvalue weighted by Gasteiger charge is -2.12. The summed E-state index contributed by atoms with van der Waals surface area (Å²) in [6.07, 6.45) is 0. The Morgan fingerprint density at radius 3 is 2.25 bits per heavy atom. The van der Waals surface area contributed by atoms with Crippen molar-refractivity contribution in [2.24, 2.45) is 0 Å². The average molecular weight is 410 g/mol. The Kier molecular flexibility index (Phi) is 6.47. The molecule has 0 saturated carbocycles. The van der Waals surface area contributed by atoms with Crippen LogP contribution in [0.5, 0.6) is 5.75 Å². The SMILES string of the molecule is O=S(O)Nc1cc(Cl)c(OCCS(=O)(=O)c2ccccc2)c(Cl)c1. The molecule has 2 N–H and O–H groups in total. The molecule has 0 aromatic heterocycles. The molecule has 0 aliphatic carbocycles. The van der Waals surface area contributed by atoms with Crippen molar-refractivity contribution in [1.29, 1.82) is 0 Å². The molecule has 0 radical (unpaired) electrons. The highest BCUT2D eigenvalue weighted by Crippen LogP contribution is 2.36. The van der Waals surface area contributed by atoms with Crippen molar-refractivity contribution in [1.82, 2.24) is 0 Å².